The molecule has 0 heterocycles. The Morgan fingerprint density at radius 2 is 2.00 bits per heavy atom. The molecule has 0 amide bonds. The lowest BCUT2D eigenvalue weighted by molar-refractivity contribution is 0.0639. The average Bonchev–Trinajstić information content (AvgIpc) is 2.13. The molecule has 0 aliphatic carbocycles. The van der Waals surface area contributed by atoms with Crippen molar-refractivity contribution >= 4 is 26.0 Å². The van der Waals surface area contributed by atoms with E-state index in [0.29, 0.717) is 4.47 Å². The maximum absolute atomic E-state index is 13.6. The van der Waals surface area contributed by atoms with E-state index in [1.54, 1.807) is 0 Å². The maximum atomic E-state index is 13.6. The SMILES string of the molecule is CN(CC(C)(C)O)S(=O)(=O)c1ccc(Br)cc1F. The topological polar surface area (TPSA) is 57.6 Å². The zero-order chi connectivity index (χ0) is 14.1. The minimum atomic E-state index is -3.94. The standard InChI is InChI=1S/C11H15BrFNO3S/c1-11(2,15)7-14(3)18(16,17)10-5-4-8(12)6-9(10)13/h4-6,15H,7H2,1-3H3. The Labute approximate surface area is 115 Å². The highest BCUT2D eigenvalue weighted by Gasteiger charge is 2.28. The van der Waals surface area contributed by atoms with Crippen molar-refractivity contribution in [3.8, 4) is 0 Å². The summed E-state index contributed by atoms with van der Waals surface area (Å²) in [5.74, 6) is -0.827. The number of aliphatic hydroxyl groups is 1. The summed E-state index contributed by atoms with van der Waals surface area (Å²) in [7, 11) is -2.64. The normalized spacial score (nSPS) is 13.1. The van der Waals surface area contributed by atoms with Crippen molar-refractivity contribution in [3.63, 3.8) is 0 Å². The van der Waals surface area contributed by atoms with E-state index in [1.807, 2.05) is 0 Å². The lowest BCUT2D eigenvalue weighted by Crippen LogP contribution is -2.39. The van der Waals surface area contributed by atoms with Crippen molar-refractivity contribution in [3.05, 3.63) is 28.5 Å². The van der Waals surface area contributed by atoms with E-state index in [0.717, 1.165) is 10.4 Å². The van der Waals surface area contributed by atoms with Gasteiger partial charge in [0, 0.05) is 18.1 Å². The van der Waals surface area contributed by atoms with Crippen molar-refractivity contribution in [2.24, 2.45) is 0 Å². The second-order valence-corrected chi connectivity index (χ2v) is 7.58. The summed E-state index contributed by atoms with van der Waals surface area (Å²) in [5, 5.41) is 9.60. The third-order valence-electron chi connectivity index (χ3n) is 2.19. The van der Waals surface area contributed by atoms with Crippen LogP contribution in [0.25, 0.3) is 0 Å². The van der Waals surface area contributed by atoms with Crippen molar-refractivity contribution in [1.82, 2.24) is 4.31 Å². The van der Waals surface area contributed by atoms with E-state index in [4.69, 9.17) is 0 Å². The Bertz CT molecular complexity index is 540. The Morgan fingerprint density at radius 3 is 2.44 bits per heavy atom. The lowest BCUT2D eigenvalue weighted by Gasteiger charge is -2.25. The Morgan fingerprint density at radius 1 is 1.44 bits per heavy atom. The summed E-state index contributed by atoms with van der Waals surface area (Å²) in [4.78, 5) is -0.405. The Kier molecular flexibility index (Phi) is 4.53. The number of nitrogens with zero attached hydrogens (tertiary/aromatic N) is 1. The van der Waals surface area contributed by atoms with Gasteiger partial charge in [-0.3, -0.25) is 0 Å². The van der Waals surface area contributed by atoms with Crippen LogP contribution in [-0.4, -0.2) is 37.0 Å². The highest BCUT2D eigenvalue weighted by Crippen LogP contribution is 2.22. The van der Waals surface area contributed by atoms with Gasteiger partial charge in [0.05, 0.1) is 5.60 Å². The van der Waals surface area contributed by atoms with Crippen LogP contribution in [0.1, 0.15) is 13.8 Å². The van der Waals surface area contributed by atoms with Crippen LogP contribution in [0.2, 0.25) is 0 Å². The smallest absolute Gasteiger partial charge is 0.245 e. The molecular formula is C11H15BrFNO3S. The van der Waals surface area contributed by atoms with Crippen LogP contribution in [0.15, 0.2) is 27.6 Å². The van der Waals surface area contributed by atoms with Crippen LogP contribution < -0.4 is 0 Å². The van der Waals surface area contributed by atoms with Gasteiger partial charge < -0.3 is 5.11 Å². The molecule has 102 valence electrons. The molecule has 0 saturated heterocycles. The number of halogens is 2. The lowest BCUT2D eigenvalue weighted by atomic mass is 10.1. The third-order valence-corrected chi connectivity index (χ3v) is 4.52. The van der Waals surface area contributed by atoms with Gasteiger partial charge in [0.1, 0.15) is 10.7 Å². The molecule has 0 unspecified atom stereocenters. The van der Waals surface area contributed by atoms with E-state index in [9.17, 15) is 17.9 Å². The van der Waals surface area contributed by atoms with Crippen LogP contribution in [0.5, 0.6) is 0 Å². The molecule has 4 nitrogen and oxygen atoms in total. The van der Waals surface area contributed by atoms with Gasteiger partial charge >= 0.3 is 0 Å². The molecule has 0 aromatic heterocycles. The molecule has 0 spiro atoms. The molecule has 0 saturated carbocycles. The summed E-state index contributed by atoms with van der Waals surface area (Å²) in [6, 6.07) is 3.73. The zero-order valence-electron chi connectivity index (χ0n) is 10.3. The van der Waals surface area contributed by atoms with Crippen LogP contribution in [-0.2, 0) is 10.0 Å². The van der Waals surface area contributed by atoms with Gasteiger partial charge in [-0.05, 0) is 32.0 Å². The largest absolute Gasteiger partial charge is 0.389 e. The van der Waals surface area contributed by atoms with Crippen LogP contribution in [0.4, 0.5) is 4.39 Å². The number of hydrogen-bond donors (Lipinski definition) is 1. The first kappa shape index (κ1) is 15.6. The van der Waals surface area contributed by atoms with Gasteiger partial charge in [-0.2, -0.15) is 4.31 Å². The molecule has 0 bridgehead atoms. The fourth-order valence-corrected chi connectivity index (χ4v) is 3.18. The minimum absolute atomic E-state index is 0.120. The van der Waals surface area contributed by atoms with Crippen molar-refractivity contribution in [2.45, 2.75) is 24.3 Å². The van der Waals surface area contributed by atoms with Crippen LogP contribution in [0, 0.1) is 5.82 Å². The average molecular weight is 340 g/mol. The number of benzene rings is 1. The molecule has 0 aliphatic heterocycles. The number of rotatable bonds is 4. The van der Waals surface area contributed by atoms with Crippen molar-refractivity contribution < 1.29 is 17.9 Å². The molecule has 0 radical (unpaired) electrons. The molecule has 1 rings (SSSR count). The predicted molar refractivity (Wildman–Crippen MR) is 70.2 cm³/mol. The first-order chi connectivity index (χ1) is 8.04. The number of likely N-dealkylation sites (N-methyl/N-ethyl adjacent to an activating group) is 1. The van der Waals surface area contributed by atoms with Gasteiger partial charge in [0.15, 0.2) is 0 Å². The summed E-state index contributed by atoms with van der Waals surface area (Å²) >= 11 is 3.06. The van der Waals surface area contributed by atoms with E-state index < -0.39 is 26.3 Å². The quantitative estimate of drug-likeness (QED) is 0.912. The molecule has 0 atom stereocenters. The fourth-order valence-electron chi connectivity index (χ4n) is 1.48. The third kappa shape index (κ3) is 3.74. The Hall–Kier alpha value is -0.500. The monoisotopic (exact) mass is 339 g/mol. The van der Waals surface area contributed by atoms with Gasteiger partial charge in [0.2, 0.25) is 10.0 Å². The van der Waals surface area contributed by atoms with Gasteiger partial charge in [-0.15, -0.1) is 0 Å². The summed E-state index contributed by atoms with van der Waals surface area (Å²) in [6.07, 6.45) is 0. The highest BCUT2D eigenvalue weighted by molar-refractivity contribution is 9.10. The van der Waals surface area contributed by atoms with Gasteiger partial charge in [0.25, 0.3) is 0 Å². The minimum Gasteiger partial charge on any atom is -0.389 e. The summed E-state index contributed by atoms with van der Waals surface area (Å²) < 4.78 is 39.2. The van der Waals surface area contributed by atoms with Gasteiger partial charge in [-0.1, -0.05) is 15.9 Å². The van der Waals surface area contributed by atoms with Crippen LogP contribution >= 0.6 is 15.9 Å². The van der Waals surface area contributed by atoms with E-state index >= 15 is 0 Å². The fraction of sp³-hybridized carbons (Fsp3) is 0.455. The predicted octanol–water partition coefficient (Wildman–Crippen LogP) is 1.98. The molecule has 1 aromatic rings. The maximum Gasteiger partial charge on any atom is 0.245 e. The van der Waals surface area contributed by atoms with Crippen molar-refractivity contribution in [1.29, 1.82) is 0 Å². The Balaban J connectivity index is 3.14. The second kappa shape index (κ2) is 5.24. The van der Waals surface area contributed by atoms with E-state index in [-0.39, 0.29) is 6.54 Å². The van der Waals surface area contributed by atoms with Crippen molar-refractivity contribution in [2.75, 3.05) is 13.6 Å². The van der Waals surface area contributed by atoms with Crippen LogP contribution in [0.3, 0.4) is 0 Å². The molecule has 7 heteroatoms. The highest BCUT2D eigenvalue weighted by atomic mass is 79.9. The molecule has 1 aromatic carbocycles. The summed E-state index contributed by atoms with van der Waals surface area (Å²) in [6.45, 7) is 2.85. The molecule has 0 fully saturated rings. The zero-order valence-corrected chi connectivity index (χ0v) is 12.7. The first-order valence-electron chi connectivity index (χ1n) is 5.18. The molecule has 1 N–H and O–H groups in total. The van der Waals surface area contributed by atoms with E-state index in [1.165, 1.54) is 33.0 Å². The molecular weight excluding hydrogens is 325 g/mol. The molecule has 0 aliphatic rings. The second-order valence-electron chi connectivity index (χ2n) is 4.65. The van der Waals surface area contributed by atoms with Gasteiger partial charge in [-0.25, -0.2) is 12.8 Å². The van der Waals surface area contributed by atoms with E-state index in [2.05, 4.69) is 15.9 Å². The number of sulfonamides is 1. The number of hydrogen-bond acceptors (Lipinski definition) is 3. The first-order valence-corrected chi connectivity index (χ1v) is 7.41. The molecule has 18 heavy (non-hydrogen) atoms. The summed E-state index contributed by atoms with van der Waals surface area (Å²) in [5.41, 5.74) is -1.19.